The molecule has 0 bridgehead atoms. The minimum absolute atomic E-state index is 0.120. The molecule has 0 radical (unpaired) electrons. The number of rotatable bonds is 3. The Morgan fingerprint density at radius 1 is 1.48 bits per heavy atom. The zero-order valence-corrected chi connectivity index (χ0v) is 15.8. The highest BCUT2D eigenvalue weighted by Crippen LogP contribution is 2.60. The maximum absolute atomic E-state index is 12.4. The fourth-order valence-corrected chi connectivity index (χ4v) is 4.96. The van der Waals surface area contributed by atoms with Crippen molar-refractivity contribution in [2.75, 3.05) is 12.5 Å². The number of fused-ring (bicyclic) bond motifs is 4. The van der Waals surface area contributed by atoms with Crippen LogP contribution in [0, 0.1) is 17.8 Å². The van der Waals surface area contributed by atoms with Crippen LogP contribution in [0.3, 0.4) is 0 Å². The molecule has 0 aromatic rings. The van der Waals surface area contributed by atoms with Crippen molar-refractivity contribution in [3.63, 3.8) is 0 Å². The summed E-state index contributed by atoms with van der Waals surface area (Å²) >= 11 is 5.66. The molecule has 2 aliphatic heterocycles. The van der Waals surface area contributed by atoms with E-state index in [4.69, 9.17) is 25.8 Å². The number of carbonyl (C=O) groups is 2. The molecule has 8 atom stereocenters. The van der Waals surface area contributed by atoms with Crippen molar-refractivity contribution in [2.45, 2.75) is 49.3 Å². The third-order valence-electron chi connectivity index (χ3n) is 6.48. The van der Waals surface area contributed by atoms with Crippen LogP contribution in [0.4, 0.5) is 0 Å². The quantitative estimate of drug-likeness (QED) is 0.237. The number of carbonyl (C=O) groups excluding carboxylic acids is 2. The Morgan fingerprint density at radius 2 is 2.15 bits per heavy atom. The van der Waals surface area contributed by atoms with E-state index in [2.05, 4.69) is 13.2 Å². The second-order valence-electron chi connectivity index (χ2n) is 8.26. The molecule has 8 heteroatoms. The van der Waals surface area contributed by atoms with Crippen molar-refractivity contribution >= 4 is 23.5 Å². The lowest BCUT2D eigenvalue weighted by molar-refractivity contribution is -0.170. The number of halogens is 1. The molecule has 2 heterocycles. The highest BCUT2D eigenvalue weighted by atomic mass is 35.5. The predicted octanol–water partition coefficient (Wildman–Crippen LogP) is 0.712. The monoisotopic (exact) mass is 398 g/mol. The average Bonchev–Trinajstić information content (AvgIpc) is 3.29. The van der Waals surface area contributed by atoms with Crippen molar-refractivity contribution in [1.29, 1.82) is 0 Å². The molecule has 2 saturated heterocycles. The molecule has 27 heavy (non-hydrogen) atoms. The maximum Gasteiger partial charge on any atom is 0.339 e. The molecule has 2 aliphatic carbocycles. The lowest BCUT2D eigenvalue weighted by Gasteiger charge is -2.31. The minimum Gasteiger partial charge on any atom is -0.459 e. The first kappa shape index (κ1) is 18.9. The van der Waals surface area contributed by atoms with E-state index in [-0.39, 0.29) is 29.7 Å². The van der Waals surface area contributed by atoms with Crippen LogP contribution in [-0.2, 0) is 23.8 Å². The third kappa shape index (κ3) is 2.67. The largest absolute Gasteiger partial charge is 0.459 e. The third-order valence-corrected chi connectivity index (χ3v) is 7.00. The number of hydrogen-bond donors (Lipinski definition) is 2. The predicted molar refractivity (Wildman–Crippen MR) is 93.8 cm³/mol. The van der Waals surface area contributed by atoms with Crippen molar-refractivity contribution in [1.82, 2.24) is 0 Å². The molecule has 1 unspecified atom stereocenters. The lowest BCUT2D eigenvalue weighted by atomic mass is 9.78. The van der Waals surface area contributed by atoms with Crippen LogP contribution in [0.5, 0.6) is 0 Å². The van der Waals surface area contributed by atoms with E-state index in [0.717, 1.165) is 5.57 Å². The van der Waals surface area contributed by atoms with Crippen LogP contribution >= 0.6 is 11.6 Å². The van der Waals surface area contributed by atoms with E-state index < -0.39 is 47.4 Å². The number of aliphatic hydroxyl groups excluding tert-OH is 1. The smallest absolute Gasteiger partial charge is 0.339 e. The number of alkyl halides is 1. The van der Waals surface area contributed by atoms with E-state index in [1.165, 1.54) is 6.92 Å². The van der Waals surface area contributed by atoms with Gasteiger partial charge in [-0.3, -0.25) is 0 Å². The molecular weight excluding hydrogens is 376 g/mol. The van der Waals surface area contributed by atoms with Gasteiger partial charge in [-0.15, -0.1) is 11.6 Å². The number of esters is 2. The minimum atomic E-state index is -1.84. The normalized spacial score (nSPS) is 45.0. The summed E-state index contributed by atoms with van der Waals surface area (Å²) in [4.78, 5) is 24.7. The molecule has 4 aliphatic rings. The van der Waals surface area contributed by atoms with Crippen LogP contribution in [0.25, 0.3) is 0 Å². The first-order chi connectivity index (χ1) is 12.6. The van der Waals surface area contributed by atoms with E-state index in [1.54, 1.807) is 0 Å². The molecule has 0 aromatic carbocycles. The fourth-order valence-electron chi connectivity index (χ4n) is 4.86. The van der Waals surface area contributed by atoms with Gasteiger partial charge in [0.25, 0.3) is 0 Å². The molecule has 1 spiro atoms. The van der Waals surface area contributed by atoms with Crippen LogP contribution in [0.15, 0.2) is 24.3 Å². The molecule has 4 fully saturated rings. The van der Waals surface area contributed by atoms with Crippen molar-refractivity contribution in [3.05, 3.63) is 24.3 Å². The maximum atomic E-state index is 12.4. The van der Waals surface area contributed by atoms with Gasteiger partial charge < -0.3 is 24.4 Å². The first-order valence-corrected chi connectivity index (χ1v) is 9.54. The van der Waals surface area contributed by atoms with Crippen LogP contribution in [0.2, 0.25) is 0 Å². The van der Waals surface area contributed by atoms with E-state index in [0.29, 0.717) is 13.0 Å². The van der Waals surface area contributed by atoms with Gasteiger partial charge in [-0.1, -0.05) is 18.7 Å². The second kappa shape index (κ2) is 6.04. The fraction of sp³-hybridized carbons (Fsp3) is 0.684. The zero-order valence-electron chi connectivity index (χ0n) is 15.0. The Kier molecular flexibility index (Phi) is 4.24. The van der Waals surface area contributed by atoms with Gasteiger partial charge in [0, 0.05) is 17.9 Å². The Balaban J connectivity index is 1.69. The van der Waals surface area contributed by atoms with Gasteiger partial charge in [0.1, 0.15) is 17.8 Å². The molecule has 7 nitrogen and oxygen atoms in total. The highest BCUT2D eigenvalue weighted by Gasteiger charge is 2.71. The van der Waals surface area contributed by atoms with Crippen molar-refractivity contribution in [3.8, 4) is 0 Å². The average molecular weight is 399 g/mol. The lowest BCUT2D eigenvalue weighted by Crippen LogP contribution is -2.45. The molecular formula is C19H23ClO7. The van der Waals surface area contributed by atoms with E-state index in [1.807, 2.05) is 0 Å². The molecule has 4 rings (SSSR count). The van der Waals surface area contributed by atoms with Crippen LogP contribution in [0.1, 0.15) is 19.8 Å². The summed E-state index contributed by atoms with van der Waals surface area (Å²) in [7, 11) is 0. The Labute approximate surface area is 161 Å². The van der Waals surface area contributed by atoms with Crippen molar-refractivity contribution < 1.29 is 34.0 Å². The standard InChI is InChI=1S/C19H23ClO7/c1-8-4-11(26-17(23)18(3,24)6-20)13-9(2)16(22)27-15(13)14-10(8)5-12(21)19(14)7-25-19/h10-15,21,24H,1-2,4-7H2,3H3/t10-,11-,12-,13+,14-,15-,18?,19+/m0/s1. The van der Waals surface area contributed by atoms with E-state index >= 15 is 0 Å². The Bertz CT molecular complexity index is 726. The Morgan fingerprint density at radius 3 is 2.74 bits per heavy atom. The van der Waals surface area contributed by atoms with Gasteiger partial charge >= 0.3 is 11.9 Å². The summed E-state index contributed by atoms with van der Waals surface area (Å²) in [6.45, 7) is 9.64. The summed E-state index contributed by atoms with van der Waals surface area (Å²) in [6, 6.07) is 0. The van der Waals surface area contributed by atoms with Gasteiger partial charge in [-0.2, -0.15) is 0 Å². The number of hydrogen-bond acceptors (Lipinski definition) is 7. The molecule has 0 aromatic heterocycles. The highest BCUT2D eigenvalue weighted by molar-refractivity contribution is 6.20. The van der Waals surface area contributed by atoms with Crippen molar-refractivity contribution in [2.24, 2.45) is 17.8 Å². The summed E-state index contributed by atoms with van der Waals surface area (Å²) < 4.78 is 16.8. The number of ether oxygens (including phenoxy) is 3. The number of epoxide rings is 1. The van der Waals surface area contributed by atoms with Crippen LogP contribution in [-0.4, -0.2) is 64.2 Å². The molecule has 0 amide bonds. The summed E-state index contributed by atoms with van der Waals surface area (Å²) in [5.41, 5.74) is -1.58. The van der Waals surface area contributed by atoms with Gasteiger partial charge in [-0.05, 0) is 19.3 Å². The van der Waals surface area contributed by atoms with E-state index in [9.17, 15) is 19.8 Å². The number of aliphatic hydroxyl groups is 2. The van der Waals surface area contributed by atoms with Gasteiger partial charge in [0.2, 0.25) is 0 Å². The molecule has 2 N–H and O–H groups in total. The summed E-state index contributed by atoms with van der Waals surface area (Å²) in [6.07, 6.45) is -1.31. The molecule has 2 saturated carbocycles. The van der Waals surface area contributed by atoms with Crippen LogP contribution < -0.4 is 0 Å². The first-order valence-electron chi connectivity index (χ1n) is 9.01. The van der Waals surface area contributed by atoms with Gasteiger partial charge in [-0.25, -0.2) is 9.59 Å². The summed E-state index contributed by atoms with van der Waals surface area (Å²) in [5, 5.41) is 20.6. The topological polar surface area (TPSA) is 106 Å². The van der Waals surface area contributed by atoms with Gasteiger partial charge in [0.15, 0.2) is 5.60 Å². The van der Waals surface area contributed by atoms with Gasteiger partial charge in [0.05, 0.1) is 24.5 Å². The second-order valence-corrected chi connectivity index (χ2v) is 8.53. The SMILES string of the molecule is C=C1C(=O)O[C@H]2[C@H]1[C@@H](OC(=O)C(C)(O)CCl)CC(=C)[C@@H]1C[C@H](O)[C@]3(CO3)[C@H]21. The molecule has 148 valence electrons. The Hall–Kier alpha value is -1.41. The summed E-state index contributed by atoms with van der Waals surface area (Å²) in [5.74, 6) is -2.72. The zero-order chi connectivity index (χ0) is 19.7.